The first-order chi connectivity index (χ1) is 12.7. The summed E-state index contributed by atoms with van der Waals surface area (Å²) in [6.07, 6.45) is 1.80. The third kappa shape index (κ3) is 4.64. The Balaban J connectivity index is 1.60. The molecule has 1 fully saturated rings. The zero-order valence-corrected chi connectivity index (χ0v) is 15.2. The second-order valence-corrected chi connectivity index (χ2v) is 6.32. The van der Waals surface area contributed by atoms with E-state index in [1.54, 1.807) is 19.4 Å². The van der Waals surface area contributed by atoms with Crippen LogP contribution in [0, 0.1) is 0 Å². The minimum absolute atomic E-state index is 0.258. The van der Waals surface area contributed by atoms with Crippen molar-refractivity contribution >= 4 is 17.5 Å². The molecule has 3 rings (SSSR count). The van der Waals surface area contributed by atoms with Gasteiger partial charge in [-0.15, -0.1) is 0 Å². The zero-order chi connectivity index (χ0) is 18.4. The molecule has 0 aliphatic carbocycles. The van der Waals surface area contributed by atoms with E-state index in [1.165, 1.54) is 0 Å². The van der Waals surface area contributed by atoms with Crippen LogP contribution in [0.5, 0.6) is 5.75 Å². The largest absolute Gasteiger partial charge is 0.497 e. The number of piperazine rings is 1. The lowest BCUT2D eigenvalue weighted by Gasteiger charge is -2.34. The van der Waals surface area contributed by atoms with Crippen LogP contribution in [0.4, 0.5) is 16.3 Å². The van der Waals surface area contributed by atoms with Crippen LogP contribution in [0.2, 0.25) is 0 Å². The van der Waals surface area contributed by atoms with Crippen molar-refractivity contribution in [2.75, 3.05) is 50.6 Å². The Labute approximate surface area is 154 Å². The van der Waals surface area contributed by atoms with Crippen LogP contribution in [0.15, 0.2) is 42.6 Å². The quantitative estimate of drug-likeness (QED) is 0.860. The minimum atomic E-state index is -0.258. The van der Waals surface area contributed by atoms with Gasteiger partial charge in [-0.2, -0.15) is 0 Å². The van der Waals surface area contributed by atoms with Crippen molar-refractivity contribution < 1.29 is 9.53 Å². The van der Waals surface area contributed by atoms with Crippen LogP contribution in [0.25, 0.3) is 0 Å². The predicted octanol–water partition coefficient (Wildman–Crippen LogP) is 2.16. The number of carbonyl (C=O) groups is 1. The molecule has 7 heteroatoms. The second-order valence-electron chi connectivity index (χ2n) is 6.32. The van der Waals surface area contributed by atoms with Gasteiger partial charge in [-0.3, -0.25) is 0 Å². The fraction of sp³-hybridized carbons (Fsp3) is 0.368. The zero-order valence-electron chi connectivity index (χ0n) is 15.2. The molecule has 2 heterocycles. The van der Waals surface area contributed by atoms with E-state index in [4.69, 9.17) is 4.74 Å². The first-order valence-electron chi connectivity index (χ1n) is 8.72. The van der Waals surface area contributed by atoms with E-state index in [0.29, 0.717) is 18.0 Å². The number of urea groups is 1. The maximum atomic E-state index is 12.2. The van der Waals surface area contributed by atoms with Crippen LogP contribution in [-0.4, -0.2) is 56.3 Å². The van der Waals surface area contributed by atoms with Crippen LogP contribution in [0.3, 0.4) is 0 Å². The summed E-state index contributed by atoms with van der Waals surface area (Å²) >= 11 is 0. The average Bonchev–Trinajstić information content (AvgIpc) is 2.67. The molecule has 0 radical (unpaired) electrons. The van der Waals surface area contributed by atoms with Crippen molar-refractivity contribution in [3.05, 3.63) is 48.2 Å². The predicted molar refractivity (Wildman–Crippen MR) is 103 cm³/mol. The van der Waals surface area contributed by atoms with E-state index < -0.39 is 0 Å². The number of likely N-dealkylation sites (N-methyl/N-ethyl adjacent to an activating group) is 1. The minimum Gasteiger partial charge on any atom is -0.497 e. The lowest BCUT2D eigenvalue weighted by atomic mass is 10.2. The molecule has 0 spiro atoms. The van der Waals surface area contributed by atoms with Crippen LogP contribution in [0.1, 0.15) is 5.56 Å². The highest BCUT2D eigenvalue weighted by Crippen LogP contribution is 2.19. The maximum Gasteiger partial charge on any atom is 0.319 e. The summed E-state index contributed by atoms with van der Waals surface area (Å²) < 4.78 is 5.17. The van der Waals surface area contributed by atoms with Crippen molar-refractivity contribution in [3.8, 4) is 5.75 Å². The number of aromatic nitrogens is 1. The summed E-state index contributed by atoms with van der Waals surface area (Å²) in [6.45, 7) is 4.33. The van der Waals surface area contributed by atoms with E-state index in [9.17, 15) is 4.79 Å². The van der Waals surface area contributed by atoms with Gasteiger partial charge in [0.15, 0.2) is 0 Å². The Morgan fingerprint density at radius 1 is 1.19 bits per heavy atom. The molecule has 1 saturated heterocycles. The van der Waals surface area contributed by atoms with Crippen molar-refractivity contribution in [3.63, 3.8) is 0 Å². The van der Waals surface area contributed by atoms with E-state index in [2.05, 4.69) is 32.5 Å². The third-order valence-corrected chi connectivity index (χ3v) is 4.44. The first kappa shape index (κ1) is 18.0. The number of benzene rings is 1. The van der Waals surface area contributed by atoms with E-state index in [-0.39, 0.29) is 6.03 Å². The number of carbonyl (C=O) groups excluding carboxylic acids is 1. The fourth-order valence-electron chi connectivity index (χ4n) is 2.92. The number of anilines is 2. The van der Waals surface area contributed by atoms with E-state index in [0.717, 1.165) is 37.6 Å². The topological polar surface area (TPSA) is 69.7 Å². The highest BCUT2D eigenvalue weighted by molar-refractivity contribution is 5.89. The summed E-state index contributed by atoms with van der Waals surface area (Å²) in [5.41, 5.74) is 1.70. The molecule has 2 aromatic rings. The van der Waals surface area contributed by atoms with Gasteiger partial charge < -0.3 is 25.2 Å². The lowest BCUT2D eigenvalue weighted by molar-refractivity contribution is 0.251. The molecule has 0 bridgehead atoms. The number of pyridine rings is 1. The van der Waals surface area contributed by atoms with Crippen molar-refractivity contribution in [2.24, 2.45) is 0 Å². The molecule has 1 aromatic heterocycles. The SMILES string of the molecule is COc1cccc(NC(=O)NCc2cccnc2N2CCN(C)CC2)c1. The average molecular weight is 355 g/mol. The molecule has 2 N–H and O–H groups in total. The van der Waals surface area contributed by atoms with Gasteiger partial charge >= 0.3 is 6.03 Å². The maximum absolute atomic E-state index is 12.2. The van der Waals surface area contributed by atoms with Gasteiger partial charge in [0, 0.05) is 56.2 Å². The van der Waals surface area contributed by atoms with Crippen LogP contribution in [-0.2, 0) is 6.54 Å². The van der Waals surface area contributed by atoms with Crippen LogP contribution < -0.4 is 20.3 Å². The number of nitrogens with zero attached hydrogens (tertiary/aromatic N) is 3. The number of ether oxygens (including phenoxy) is 1. The molecular formula is C19H25N5O2. The lowest BCUT2D eigenvalue weighted by Crippen LogP contribution is -2.45. The molecule has 26 heavy (non-hydrogen) atoms. The molecule has 1 aromatic carbocycles. The van der Waals surface area contributed by atoms with Crippen molar-refractivity contribution in [1.82, 2.24) is 15.2 Å². The van der Waals surface area contributed by atoms with Gasteiger partial charge in [0.1, 0.15) is 11.6 Å². The fourth-order valence-corrected chi connectivity index (χ4v) is 2.92. The molecular weight excluding hydrogens is 330 g/mol. The van der Waals surface area contributed by atoms with Crippen molar-refractivity contribution in [1.29, 1.82) is 0 Å². The van der Waals surface area contributed by atoms with Gasteiger partial charge in [-0.05, 0) is 25.2 Å². The Bertz CT molecular complexity index is 744. The molecule has 0 atom stereocenters. The van der Waals surface area contributed by atoms with Gasteiger partial charge in [0.05, 0.1) is 7.11 Å². The van der Waals surface area contributed by atoms with Crippen molar-refractivity contribution in [2.45, 2.75) is 6.54 Å². The van der Waals surface area contributed by atoms with Gasteiger partial charge in [0.2, 0.25) is 0 Å². The number of methoxy groups -OCH3 is 1. The molecule has 1 aliphatic rings. The molecule has 7 nitrogen and oxygen atoms in total. The summed E-state index contributed by atoms with van der Waals surface area (Å²) in [4.78, 5) is 21.3. The summed E-state index contributed by atoms with van der Waals surface area (Å²) in [6, 6.07) is 10.9. The normalized spacial score (nSPS) is 14.8. The molecule has 1 aliphatic heterocycles. The van der Waals surface area contributed by atoms with Crippen LogP contribution >= 0.6 is 0 Å². The highest BCUT2D eigenvalue weighted by Gasteiger charge is 2.18. The van der Waals surface area contributed by atoms with Gasteiger partial charge in [-0.1, -0.05) is 12.1 Å². The number of nitrogens with one attached hydrogen (secondary N) is 2. The molecule has 2 amide bonds. The Kier molecular flexibility index (Phi) is 5.91. The Morgan fingerprint density at radius 3 is 2.77 bits per heavy atom. The standard InChI is InChI=1S/C19H25N5O2/c1-23-9-11-24(12-10-23)18-15(5-4-8-20-18)14-21-19(25)22-16-6-3-7-17(13-16)26-2/h3-8,13H,9-12,14H2,1-2H3,(H2,21,22,25). The first-order valence-corrected chi connectivity index (χ1v) is 8.72. The summed E-state index contributed by atoms with van der Waals surface area (Å²) in [5.74, 6) is 1.65. The number of hydrogen-bond acceptors (Lipinski definition) is 5. The monoisotopic (exact) mass is 355 g/mol. The van der Waals surface area contributed by atoms with E-state index in [1.807, 2.05) is 30.3 Å². The molecule has 0 saturated carbocycles. The summed E-state index contributed by atoms with van der Waals surface area (Å²) in [5, 5.41) is 5.73. The highest BCUT2D eigenvalue weighted by atomic mass is 16.5. The van der Waals surface area contributed by atoms with Gasteiger partial charge in [0.25, 0.3) is 0 Å². The molecule has 0 unspecified atom stereocenters. The number of rotatable bonds is 5. The second kappa shape index (κ2) is 8.53. The number of amides is 2. The van der Waals surface area contributed by atoms with Gasteiger partial charge in [-0.25, -0.2) is 9.78 Å². The number of hydrogen-bond donors (Lipinski definition) is 2. The third-order valence-electron chi connectivity index (χ3n) is 4.44. The van der Waals surface area contributed by atoms with E-state index >= 15 is 0 Å². The molecule has 138 valence electrons. The summed E-state index contributed by atoms with van der Waals surface area (Å²) in [7, 11) is 3.72. The Hall–Kier alpha value is -2.80. The Morgan fingerprint density at radius 2 is 2.00 bits per heavy atom. The smallest absolute Gasteiger partial charge is 0.319 e.